The summed E-state index contributed by atoms with van der Waals surface area (Å²) in [5.74, 6) is 1.34. The average molecular weight is 293 g/mol. The molecule has 1 aliphatic rings. The molecule has 1 aliphatic heterocycles. The molecule has 118 valence electrons. The van der Waals surface area contributed by atoms with E-state index < -0.39 is 0 Å². The summed E-state index contributed by atoms with van der Waals surface area (Å²) in [7, 11) is 0. The Kier molecular flexibility index (Phi) is 5.59. The second-order valence-electron chi connectivity index (χ2n) is 5.52. The van der Waals surface area contributed by atoms with Gasteiger partial charge in [-0.05, 0) is 39.5 Å². The number of rotatable bonds is 7. The van der Waals surface area contributed by atoms with Crippen LogP contribution in [-0.4, -0.2) is 40.2 Å². The predicted molar refractivity (Wildman–Crippen MR) is 85.0 cm³/mol. The standard InChI is InChI=1S/C15H27N5O/c1-5-10-21-15-18-13(16-7-3)17-14(19-15)20-11(4)8-9-12(20)6-2/h11-12H,5-10H2,1-4H3,(H,16,17,18,19). The van der Waals surface area contributed by atoms with Crippen LogP contribution in [0.1, 0.15) is 53.4 Å². The first-order chi connectivity index (χ1) is 10.2. The number of aromatic nitrogens is 3. The minimum absolute atomic E-state index is 0.423. The van der Waals surface area contributed by atoms with Crippen LogP contribution < -0.4 is 15.0 Å². The van der Waals surface area contributed by atoms with Gasteiger partial charge >= 0.3 is 6.01 Å². The van der Waals surface area contributed by atoms with Gasteiger partial charge in [0.1, 0.15) is 0 Å². The Hall–Kier alpha value is -1.59. The summed E-state index contributed by atoms with van der Waals surface area (Å²) in [6, 6.07) is 1.40. The Bertz CT molecular complexity index is 454. The molecule has 0 aliphatic carbocycles. The van der Waals surface area contributed by atoms with Gasteiger partial charge in [-0.3, -0.25) is 0 Å². The number of hydrogen-bond acceptors (Lipinski definition) is 6. The second-order valence-corrected chi connectivity index (χ2v) is 5.52. The zero-order chi connectivity index (χ0) is 15.2. The summed E-state index contributed by atoms with van der Waals surface area (Å²) in [5, 5.41) is 3.17. The van der Waals surface area contributed by atoms with Gasteiger partial charge in [0.2, 0.25) is 11.9 Å². The fourth-order valence-corrected chi connectivity index (χ4v) is 2.79. The van der Waals surface area contributed by atoms with Gasteiger partial charge in [-0.25, -0.2) is 0 Å². The van der Waals surface area contributed by atoms with E-state index in [9.17, 15) is 0 Å². The lowest BCUT2D eigenvalue weighted by molar-refractivity contribution is 0.291. The molecule has 2 rings (SSSR count). The maximum absolute atomic E-state index is 5.62. The van der Waals surface area contributed by atoms with Gasteiger partial charge in [-0.15, -0.1) is 0 Å². The van der Waals surface area contributed by atoms with Gasteiger partial charge in [0.05, 0.1) is 6.61 Å². The van der Waals surface area contributed by atoms with Crippen molar-refractivity contribution in [2.45, 2.75) is 65.5 Å². The van der Waals surface area contributed by atoms with Crippen LogP contribution in [0.2, 0.25) is 0 Å². The zero-order valence-electron chi connectivity index (χ0n) is 13.6. The third-order valence-corrected chi connectivity index (χ3v) is 3.86. The summed E-state index contributed by atoms with van der Waals surface area (Å²) >= 11 is 0. The molecule has 0 radical (unpaired) electrons. The molecule has 0 spiro atoms. The van der Waals surface area contributed by atoms with Gasteiger partial charge in [-0.2, -0.15) is 15.0 Å². The predicted octanol–water partition coefficient (Wildman–Crippen LogP) is 2.86. The maximum atomic E-state index is 5.62. The van der Waals surface area contributed by atoms with E-state index in [0.717, 1.165) is 25.3 Å². The molecule has 1 aromatic rings. The fraction of sp³-hybridized carbons (Fsp3) is 0.800. The van der Waals surface area contributed by atoms with Gasteiger partial charge in [0, 0.05) is 18.6 Å². The fourth-order valence-electron chi connectivity index (χ4n) is 2.79. The third kappa shape index (κ3) is 3.74. The number of anilines is 2. The van der Waals surface area contributed by atoms with Crippen LogP contribution in [0.4, 0.5) is 11.9 Å². The van der Waals surface area contributed by atoms with Crippen molar-refractivity contribution in [3.63, 3.8) is 0 Å². The molecule has 1 N–H and O–H groups in total. The van der Waals surface area contributed by atoms with Crippen molar-refractivity contribution in [3.05, 3.63) is 0 Å². The number of nitrogens with one attached hydrogen (secondary N) is 1. The monoisotopic (exact) mass is 293 g/mol. The topological polar surface area (TPSA) is 63.2 Å². The highest BCUT2D eigenvalue weighted by atomic mass is 16.5. The molecule has 21 heavy (non-hydrogen) atoms. The molecule has 0 aromatic carbocycles. The third-order valence-electron chi connectivity index (χ3n) is 3.86. The van der Waals surface area contributed by atoms with Crippen molar-refractivity contribution in [2.75, 3.05) is 23.4 Å². The first-order valence-electron chi connectivity index (χ1n) is 8.10. The summed E-state index contributed by atoms with van der Waals surface area (Å²) in [4.78, 5) is 15.7. The van der Waals surface area contributed by atoms with E-state index in [-0.39, 0.29) is 0 Å². The minimum atomic E-state index is 0.423. The molecule has 6 nitrogen and oxygen atoms in total. The summed E-state index contributed by atoms with van der Waals surface area (Å²) in [6.45, 7) is 9.97. The second kappa shape index (κ2) is 7.43. The first-order valence-corrected chi connectivity index (χ1v) is 8.10. The first kappa shape index (κ1) is 15.8. The molecule has 0 saturated carbocycles. The highest BCUT2D eigenvalue weighted by molar-refractivity contribution is 5.41. The quantitative estimate of drug-likeness (QED) is 0.834. The molecule has 1 saturated heterocycles. The normalized spacial score (nSPS) is 21.6. The number of hydrogen-bond donors (Lipinski definition) is 1. The van der Waals surface area contributed by atoms with E-state index in [4.69, 9.17) is 4.74 Å². The summed E-state index contributed by atoms with van der Waals surface area (Å²) in [5.41, 5.74) is 0. The van der Waals surface area contributed by atoms with Crippen molar-refractivity contribution < 1.29 is 4.74 Å². The molecule has 0 amide bonds. The van der Waals surface area contributed by atoms with Gasteiger partial charge in [0.25, 0.3) is 0 Å². The molecule has 6 heteroatoms. The van der Waals surface area contributed by atoms with Crippen LogP contribution in [0, 0.1) is 0 Å². The van der Waals surface area contributed by atoms with Crippen molar-refractivity contribution in [3.8, 4) is 6.01 Å². The van der Waals surface area contributed by atoms with Crippen molar-refractivity contribution >= 4 is 11.9 Å². The van der Waals surface area contributed by atoms with Crippen LogP contribution >= 0.6 is 0 Å². The maximum Gasteiger partial charge on any atom is 0.323 e. The molecular weight excluding hydrogens is 266 g/mol. The van der Waals surface area contributed by atoms with E-state index in [2.05, 4.69) is 45.9 Å². The highest BCUT2D eigenvalue weighted by Gasteiger charge is 2.32. The molecule has 2 unspecified atom stereocenters. The lowest BCUT2D eigenvalue weighted by Gasteiger charge is -2.28. The zero-order valence-corrected chi connectivity index (χ0v) is 13.6. The largest absolute Gasteiger partial charge is 0.463 e. The Labute approximate surface area is 127 Å². The van der Waals surface area contributed by atoms with E-state index in [1.807, 2.05) is 6.92 Å². The van der Waals surface area contributed by atoms with Crippen LogP contribution in [0.25, 0.3) is 0 Å². The molecule has 1 aromatic heterocycles. The summed E-state index contributed by atoms with van der Waals surface area (Å²) < 4.78 is 5.62. The lowest BCUT2D eigenvalue weighted by Crippen LogP contribution is -2.36. The van der Waals surface area contributed by atoms with Crippen molar-refractivity contribution in [1.82, 2.24) is 15.0 Å². The molecule has 2 atom stereocenters. The van der Waals surface area contributed by atoms with E-state index >= 15 is 0 Å². The number of ether oxygens (including phenoxy) is 1. The molecule has 1 fully saturated rings. The van der Waals surface area contributed by atoms with E-state index in [1.165, 1.54) is 12.8 Å². The molecule has 2 heterocycles. The highest BCUT2D eigenvalue weighted by Crippen LogP contribution is 2.30. The smallest absolute Gasteiger partial charge is 0.323 e. The van der Waals surface area contributed by atoms with Crippen LogP contribution in [0.15, 0.2) is 0 Å². The van der Waals surface area contributed by atoms with Crippen molar-refractivity contribution in [2.24, 2.45) is 0 Å². The number of nitrogens with zero attached hydrogens (tertiary/aromatic N) is 4. The van der Waals surface area contributed by atoms with Crippen LogP contribution in [0.5, 0.6) is 6.01 Å². The van der Waals surface area contributed by atoms with Crippen LogP contribution in [0.3, 0.4) is 0 Å². The average Bonchev–Trinajstić information content (AvgIpc) is 2.86. The van der Waals surface area contributed by atoms with Gasteiger partial charge < -0.3 is 15.0 Å². The van der Waals surface area contributed by atoms with Gasteiger partial charge in [0.15, 0.2) is 0 Å². The summed E-state index contributed by atoms with van der Waals surface area (Å²) in [6.07, 6.45) is 4.43. The molecule has 0 bridgehead atoms. The lowest BCUT2D eigenvalue weighted by atomic mass is 10.2. The SMILES string of the molecule is CCCOc1nc(NCC)nc(N2C(C)CCC2CC)n1. The Morgan fingerprint density at radius 3 is 2.67 bits per heavy atom. The van der Waals surface area contributed by atoms with E-state index in [0.29, 0.717) is 30.6 Å². The Morgan fingerprint density at radius 2 is 2.00 bits per heavy atom. The minimum Gasteiger partial charge on any atom is -0.463 e. The van der Waals surface area contributed by atoms with Crippen molar-refractivity contribution in [1.29, 1.82) is 0 Å². The van der Waals surface area contributed by atoms with E-state index in [1.54, 1.807) is 0 Å². The molecular formula is C15H27N5O. The Morgan fingerprint density at radius 1 is 1.19 bits per heavy atom. The van der Waals surface area contributed by atoms with Crippen LogP contribution in [-0.2, 0) is 0 Å². The Balaban J connectivity index is 2.29. The van der Waals surface area contributed by atoms with Gasteiger partial charge in [-0.1, -0.05) is 13.8 Å².